The van der Waals surface area contributed by atoms with Gasteiger partial charge in [-0.2, -0.15) is 5.26 Å². The lowest BCUT2D eigenvalue weighted by atomic mass is 9.96. The highest BCUT2D eigenvalue weighted by Gasteiger charge is 2.28. The summed E-state index contributed by atoms with van der Waals surface area (Å²) in [6.07, 6.45) is 0. The highest BCUT2D eigenvalue weighted by Crippen LogP contribution is 2.30. The number of nitrogens with one attached hydrogen (secondary N) is 1. The Bertz CT molecular complexity index is 1150. The third kappa shape index (κ3) is 5.16. The number of carbonyl (C=O) groups excluding carboxylic acids is 1. The van der Waals surface area contributed by atoms with Crippen molar-refractivity contribution in [3.8, 4) is 6.07 Å². The molecule has 0 atom stereocenters. The van der Waals surface area contributed by atoms with E-state index in [1.54, 1.807) is 38.1 Å². The zero-order chi connectivity index (χ0) is 24.2. The minimum Gasteiger partial charge on any atom is -0.444 e. The topological polar surface area (TPSA) is 72.5 Å². The molecule has 2 heterocycles. The van der Waals surface area contributed by atoms with Gasteiger partial charge in [-0.25, -0.2) is 8.78 Å². The number of hydrogen-bond donors (Lipinski definition) is 1. The van der Waals surface area contributed by atoms with Crippen LogP contribution in [0.1, 0.15) is 34.1 Å². The van der Waals surface area contributed by atoms with Crippen molar-refractivity contribution in [2.45, 2.75) is 19.9 Å². The number of benzene rings is 2. The molecular formula is C26H26F2N4O2. The minimum absolute atomic E-state index is 0.149. The molecule has 0 radical (unpaired) electrons. The lowest BCUT2D eigenvalue weighted by Gasteiger charge is -2.39. The summed E-state index contributed by atoms with van der Waals surface area (Å²) in [7, 11) is 0. The Morgan fingerprint density at radius 1 is 1.00 bits per heavy atom. The molecule has 6 nitrogen and oxygen atoms in total. The van der Waals surface area contributed by atoms with Gasteiger partial charge in [-0.05, 0) is 49.2 Å². The SMILES string of the molecule is Cc1oc(NC(=O)CN2CCN(C(c3ccc(F)cc3)c3ccc(F)cc3)CC2)c(C#N)c1C. The molecule has 0 unspecified atom stereocenters. The fraction of sp³-hybridized carbons (Fsp3) is 0.308. The van der Waals surface area contributed by atoms with Gasteiger partial charge >= 0.3 is 0 Å². The van der Waals surface area contributed by atoms with Crippen molar-refractivity contribution < 1.29 is 18.0 Å². The smallest absolute Gasteiger partial charge is 0.240 e. The van der Waals surface area contributed by atoms with Crippen LogP contribution in [0.5, 0.6) is 0 Å². The van der Waals surface area contributed by atoms with Gasteiger partial charge in [-0.1, -0.05) is 24.3 Å². The molecule has 4 rings (SSSR count). The van der Waals surface area contributed by atoms with Crippen LogP contribution in [-0.4, -0.2) is 48.4 Å². The quantitative estimate of drug-likeness (QED) is 0.586. The molecule has 0 bridgehead atoms. The van der Waals surface area contributed by atoms with E-state index >= 15 is 0 Å². The predicted octanol–water partition coefficient (Wildman–Crippen LogP) is 4.39. The van der Waals surface area contributed by atoms with E-state index in [1.807, 2.05) is 4.90 Å². The fourth-order valence-corrected chi connectivity index (χ4v) is 4.30. The lowest BCUT2D eigenvalue weighted by Crippen LogP contribution is -2.49. The van der Waals surface area contributed by atoms with Crippen molar-refractivity contribution in [2.75, 3.05) is 38.0 Å². The second kappa shape index (κ2) is 10.2. The number of amides is 1. The Hall–Kier alpha value is -3.54. The highest BCUT2D eigenvalue weighted by molar-refractivity contribution is 5.92. The number of carbonyl (C=O) groups is 1. The van der Waals surface area contributed by atoms with Crippen LogP contribution >= 0.6 is 0 Å². The molecule has 1 saturated heterocycles. The van der Waals surface area contributed by atoms with Gasteiger partial charge in [0, 0.05) is 31.7 Å². The van der Waals surface area contributed by atoms with Crippen LogP contribution in [-0.2, 0) is 4.79 Å². The first kappa shape index (κ1) is 23.6. The highest BCUT2D eigenvalue weighted by atomic mass is 19.1. The molecule has 1 amide bonds. The molecule has 3 aromatic rings. The van der Waals surface area contributed by atoms with Gasteiger partial charge in [0.1, 0.15) is 29.0 Å². The zero-order valence-corrected chi connectivity index (χ0v) is 19.1. The maximum atomic E-state index is 13.5. The van der Waals surface area contributed by atoms with E-state index in [2.05, 4.69) is 16.3 Å². The molecule has 1 fully saturated rings. The van der Waals surface area contributed by atoms with E-state index in [0.29, 0.717) is 37.5 Å². The molecule has 1 aromatic heterocycles. The van der Waals surface area contributed by atoms with Crippen LogP contribution in [0.15, 0.2) is 52.9 Å². The first-order valence-corrected chi connectivity index (χ1v) is 11.1. The summed E-state index contributed by atoms with van der Waals surface area (Å²) in [6.45, 7) is 6.36. The van der Waals surface area contributed by atoms with E-state index in [0.717, 1.165) is 16.7 Å². The van der Waals surface area contributed by atoms with Crippen LogP contribution in [0.3, 0.4) is 0 Å². The molecule has 0 saturated carbocycles. The van der Waals surface area contributed by atoms with Crippen molar-refractivity contribution in [3.05, 3.63) is 88.2 Å². The van der Waals surface area contributed by atoms with Crippen molar-refractivity contribution in [1.29, 1.82) is 5.26 Å². The molecule has 34 heavy (non-hydrogen) atoms. The lowest BCUT2D eigenvalue weighted by molar-refractivity contribution is -0.117. The maximum Gasteiger partial charge on any atom is 0.240 e. The largest absolute Gasteiger partial charge is 0.444 e. The Balaban J connectivity index is 1.42. The van der Waals surface area contributed by atoms with Crippen LogP contribution < -0.4 is 5.32 Å². The van der Waals surface area contributed by atoms with Gasteiger partial charge in [0.2, 0.25) is 11.8 Å². The Morgan fingerprint density at radius 2 is 1.53 bits per heavy atom. The fourth-order valence-electron chi connectivity index (χ4n) is 4.30. The summed E-state index contributed by atoms with van der Waals surface area (Å²) >= 11 is 0. The summed E-state index contributed by atoms with van der Waals surface area (Å²) in [5.41, 5.74) is 2.91. The molecule has 176 valence electrons. The van der Waals surface area contributed by atoms with E-state index < -0.39 is 0 Å². The second-order valence-corrected chi connectivity index (χ2v) is 8.47. The van der Waals surface area contributed by atoms with E-state index in [9.17, 15) is 18.8 Å². The summed E-state index contributed by atoms with van der Waals surface area (Å²) in [6, 6.07) is 14.7. The number of hydrogen-bond acceptors (Lipinski definition) is 5. The second-order valence-electron chi connectivity index (χ2n) is 8.47. The Labute approximate surface area is 197 Å². The third-order valence-electron chi connectivity index (χ3n) is 6.26. The number of anilines is 1. The minimum atomic E-state index is -0.307. The summed E-state index contributed by atoms with van der Waals surface area (Å²) in [4.78, 5) is 16.9. The average molecular weight is 465 g/mol. The summed E-state index contributed by atoms with van der Waals surface area (Å²) < 4.78 is 32.6. The van der Waals surface area contributed by atoms with Crippen molar-refractivity contribution in [3.63, 3.8) is 0 Å². The first-order chi connectivity index (χ1) is 16.4. The van der Waals surface area contributed by atoms with Gasteiger partial charge < -0.3 is 4.42 Å². The van der Waals surface area contributed by atoms with Gasteiger partial charge in [0.25, 0.3) is 0 Å². The van der Waals surface area contributed by atoms with E-state index in [1.165, 1.54) is 24.3 Å². The van der Waals surface area contributed by atoms with E-state index in [4.69, 9.17) is 4.42 Å². The Morgan fingerprint density at radius 3 is 2.03 bits per heavy atom. The van der Waals surface area contributed by atoms with Crippen LogP contribution in [0.4, 0.5) is 14.7 Å². The Kier molecular flexibility index (Phi) is 7.06. The van der Waals surface area contributed by atoms with Crippen LogP contribution in [0.25, 0.3) is 0 Å². The standard InChI is InChI=1S/C26H26F2N4O2/c1-17-18(2)34-26(23(17)15-29)30-24(33)16-31-11-13-32(14-12-31)25(19-3-7-21(27)8-4-19)20-5-9-22(28)10-6-20/h3-10,25H,11-14,16H2,1-2H3,(H,30,33). The molecule has 1 aliphatic heterocycles. The number of rotatable bonds is 6. The molecule has 0 spiro atoms. The maximum absolute atomic E-state index is 13.5. The molecule has 0 aliphatic carbocycles. The monoisotopic (exact) mass is 464 g/mol. The number of piperazine rings is 1. The van der Waals surface area contributed by atoms with Gasteiger partial charge in [-0.15, -0.1) is 0 Å². The molecule has 1 aliphatic rings. The van der Waals surface area contributed by atoms with Crippen LogP contribution in [0.2, 0.25) is 0 Å². The number of furan rings is 1. The normalized spacial score (nSPS) is 14.8. The first-order valence-electron chi connectivity index (χ1n) is 11.1. The van der Waals surface area contributed by atoms with Gasteiger partial charge in [0.15, 0.2) is 0 Å². The zero-order valence-electron chi connectivity index (χ0n) is 19.1. The van der Waals surface area contributed by atoms with Crippen LogP contribution in [0, 0.1) is 36.8 Å². The molecule has 8 heteroatoms. The average Bonchev–Trinajstić information content (AvgIpc) is 3.09. The summed E-state index contributed by atoms with van der Waals surface area (Å²) in [5, 5.41) is 12.0. The van der Waals surface area contributed by atoms with E-state index in [-0.39, 0.29) is 36.0 Å². The molecular weight excluding hydrogens is 438 g/mol. The van der Waals surface area contributed by atoms with Crippen molar-refractivity contribution in [2.24, 2.45) is 0 Å². The number of nitrogens with zero attached hydrogens (tertiary/aromatic N) is 3. The van der Waals surface area contributed by atoms with Crippen molar-refractivity contribution in [1.82, 2.24) is 9.80 Å². The molecule has 2 aromatic carbocycles. The van der Waals surface area contributed by atoms with Gasteiger partial charge in [-0.3, -0.25) is 19.9 Å². The van der Waals surface area contributed by atoms with Crippen molar-refractivity contribution >= 4 is 11.8 Å². The number of aryl methyl sites for hydroxylation is 1. The predicted molar refractivity (Wildman–Crippen MR) is 124 cm³/mol. The summed E-state index contributed by atoms with van der Waals surface area (Å²) in [5.74, 6) is -0.0629. The number of halogens is 2. The molecule has 1 N–H and O–H groups in total. The number of nitriles is 1. The van der Waals surface area contributed by atoms with Gasteiger partial charge in [0.05, 0.1) is 12.6 Å². The third-order valence-corrected chi connectivity index (χ3v) is 6.26.